The van der Waals surface area contributed by atoms with E-state index in [-0.39, 0.29) is 12.4 Å². The van der Waals surface area contributed by atoms with Gasteiger partial charge in [0.15, 0.2) is 0 Å². The minimum atomic E-state index is 0. The highest BCUT2D eigenvalue weighted by Crippen LogP contribution is 2.22. The van der Waals surface area contributed by atoms with Gasteiger partial charge >= 0.3 is 0 Å². The molecule has 0 unspecified atom stereocenters. The summed E-state index contributed by atoms with van der Waals surface area (Å²) < 4.78 is 5.90. The molecule has 3 aromatic carbocycles. The van der Waals surface area contributed by atoms with Crippen LogP contribution in [-0.2, 0) is 13.1 Å². The third kappa shape index (κ3) is 4.74. The quantitative estimate of drug-likeness (QED) is 0.453. The Kier molecular flexibility index (Phi) is 6.23. The summed E-state index contributed by atoms with van der Waals surface area (Å²) in [4.78, 5) is 2.23. The van der Waals surface area contributed by atoms with Crippen LogP contribution in [0.15, 0.2) is 95.4 Å². The van der Waals surface area contributed by atoms with Crippen molar-refractivity contribution in [2.45, 2.75) is 13.1 Å². The van der Waals surface area contributed by atoms with Gasteiger partial charge in [0.05, 0.1) is 6.54 Å². The summed E-state index contributed by atoms with van der Waals surface area (Å²) in [5.41, 5.74) is 3.29. The Morgan fingerprint density at radius 3 is 1.93 bits per heavy atom. The second kappa shape index (κ2) is 9.01. The van der Waals surface area contributed by atoms with Crippen LogP contribution in [0.4, 0.5) is 5.69 Å². The maximum atomic E-state index is 5.90. The van der Waals surface area contributed by atoms with Crippen LogP contribution in [0.2, 0.25) is 0 Å². The summed E-state index contributed by atoms with van der Waals surface area (Å²) in [6, 6.07) is 30.5. The SMILES string of the molecule is Cl.c1ccc(CN(Cc2nnc(-c3ccccc3)o2)c2ccccc2)cc1. The molecule has 1 heterocycles. The smallest absolute Gasteiger partial charge is 0.247 e. The average Bonchev–Trinajstić information content (AvgIpc) is 3.18. The molecule has 0 aliphatic heterocycles. The summed E-state index contributed by atoms with van der Waals surface area (Å²) in [7, 11) is 0. The van der Waals surface area contributed by atoms with Crippen LogP contribution in [0.1, 0.15) is 11.5 Å². The molecular weight excluding hydrogens is 358 g/mol. The van der Waals surface area contributed by atoms with Crippen molar-refractivity contribution >= 4 is 18.1 Å². The van der Waals surface area contributed by atoms with E-state index in [9.17, 15) is 0 Å². The molecule has 4 aromatic rings. The monoisotopic (exact) mass is 377 g/mol. The van der Waals surface area contributed by atoms with Gasteiger partial charge in [-0.05, 0) is 29.8 Å². The fourth-order valence-electron chi connectivity index (χ4n) is 2.86. The van der Waals surface area contributed by atoms with Crippen LogP contribution in [0.25, 0.3) is 11.5 Å². The fourth-order valence-corrected chi connectivity index (χ4v) is 2.86. The zero-order valence-electron chi connectivity index (χ0n) is 14.7. The molecular formula is C22H20ClN3O. The number of nitrogens with zero attached hydrogens (tertiary/aromatic N) is 3. The minimum Gasteiger partial charge on any atom is -0.419 e. The topological polar surface area (TPSA) is 42.2 Å². The lowest BCUT2D eigenvalue weighted by molar-refractivity contribution is 0.497. The largest absolute Gasteiger partial charge is 0.419 e. The van der Waals surface area contributed by atoms with Gasteiger partial charge in [0.2, 0.25) is 11.8 Å². The van der Waals surface area contributed by atoms with Gasteiger partial charge in [0.25, 0.3) is 0 Å². The van der Waals surface area contributed by atoms with Gasteiger partial charge < -0.3 is 9.32 Å². The maximum absolute atomic E-state index is 5.90. The Morgan fingerprint density at radius 2 is 1.26 bits per heavy atom. The first kappa shape index (κ1) is 18.7. The van der Waals surface area contributed by atoms with Gasteiger partial charge in [-0.1, -0.05) is 66.7 Å². The van der Waals surface area contributed by atoms with Gasteiger partial charge in [-0.15, -0.1) is 22.6 Å². The fraction of sp³-hybridized carbons (Fsp3) is 0.0909. The van der Waals surface area contributed by atoms with Crippen LogP contribution in [0.3, 0.4) is 0 Å². The summed E-state index contributed by atoms with van der Waals surface area (Å²) in [6.07, 6.45) is 0. The first-order chi connectivity index (χ1) is 12.9. The number of benzene rings is 3. The molecule has 0 saturated carbocycles. The molecule has 5 heteroatoms. The molecule has 4 nitrogen and oxygen atoms in total. The Hall–Kier alpha value is -3.11. The highest BCUT2D eigenvalue weighted by Gasteiger charge is 2.14. The average molecular weight is 378 g/mol. The lowest BCUT2D eigenvalue weighted by Crippen LogP contribution is -2.22. The molecule has 0 aliphatic carbocycles. The van der Waals surface area contributed by atoms with E-state index in [1.54, 1.807) is 0 Å². The summed E-state index contributed by atoms with van der Waals surface area (Å²) >= 11 is 0. The maximum Gasteiger partial charge on any atom is 0.247 e. The van der Waals surface area contributed by atoms with Crippen molar-refractivity contribution in [3.8, 4) is 11.5 Å². The van der Waals surface area contributed by atoms with Crippen LogP contribution >= 0.6 is 12.4 Å². The van der Waals surface area contributed by atoms with Gasteiger partial charge in [0, 0.05) is 17.8 Å². The van der Waals surface area contributed by atoms with Gasteiger partial charge in [-0.3, -0.25) is 0 Å². The second-order valence-electron chi connectivity index (χ2n) is 6.04. The number of hydrogen-bond acceptors (Lipinski definition) is 4. The summed E-state index contributed by atoms with van der Waals surface area (Å²) in [5.74, 6) is 1.15. The van der Waals surface area contributed by atoms with E-state index in [0.29, 0.717) is 18.3 Å². The number of halogens is 1. The Bertz CT molecular complexity index is 943. The first-order valence-corrected chi connectivity index (χ1v) is 8.60. The molecule has 0 N–H and O–H groups in total. The Labute approximate surface area is 164 Å². The predicted molar refractivity (Wildman–Crippen MR) is 110 cm³/mol. The van der Waals surface area contributed by atoms with Crippen molar-refractivity contribution in [2.75, 3.05) is 4.90 Å². The van der Waals surface area contributed by atoms with E-state index in [0.717, 1.165) is 17.8 Å². The van der Waals surface area contributed by atoms with Gasteiger partial charge in [-0.2, -0.15) is 0 Å². The highest BCUT2D eigenvalue weighted by atomic mass is 35.5. The number of para-hydroxylation sites is 1. The van der Waals surface area contributed by atoms with Gasteiger partial charge in [-0.25, -0.2) is 0 Å². The summed E-state index contributed by atoms with van der Waals surface area (Å²) in [6.45, 7) is 1.33. The number of anilines is 1. The van der Waals surface area contributed by atoms with Crippen LogP contribution in [-0.4, -0.2) is 10.2 Å². The van der Waals surface area contributed by atoms with Crippen molar-refractivity contribution in [1.82, 2.24) is 10.2 Å². The molecule has 0 radical (unpaired) electrons. The first-order valence-electron chi connectivity index (χ1n) is 8.60. The third-order valence-corrected chi connectivity index (χ3v) is 4.15. The molecule has 136 valence electrons. The van der Waals surface area contributed by atoms with Crippen molar-refractivity contribution in [2.24, 2.45) is 0 Å². The van der Waals surface area contributed by atoms with Gasteiger partial charge in [0.1, 0.15) is 0 Å². The zero-order chi connectivity index (χ0) is 17.6. The molecule has 0 amide bonds. The second-order valence-corrected chi connectivity index (χ2v) is 6.04. The van der Waals surface area contributed by atoms with Crippen molar-refractivity contribution in [3.63, 3.8) is 0 Å². The van der Waals surface area contributed by atoms with E-state index in [4.69, 9.17) is 4.42 Å². The normalized spacial score (nSPS) is 10.2. The molecule has 0 saturated heterocycles. The van der Waals surface area contributed by atoms with Crippen LogP contribution in [0.5, 0.6) is 0 Å². The van der Waals surface area contributed by atoms with Crippen molar-refractivity contribution in [3.05, 3.63) is 102 Å². The molecule has 27 heavy (non-hydrogen) atoms. The van der Waals surface area contributed by atoms with E-state index in [1.807, 2.05) is 54.6 Å². The van der Waals surface area contributed by atoms with E-state index in [1.165, 1.54) is 5.56 Å². The molecule has 0 atom stereocenters. The number of rotatable bonds is 6. The minimum absolute atomic E-state index is 0. The lowest BCUT2D eigenvalue weighted by Gasteiger charge is -2.23. The molecule has 0 bridgehead atoms. The Balaban J connectivity index is 0.00000210. The molecule has 4 rings (SSSR count). The van der Waals surface area contributed by atoms with Crippen molar-refractivity contribution < 1.29 is 4.42 Å². The standard InChI is InChI=1S/C22H19N3O.ClH/c1-4-10-18(11-5-1)16-25(20-14-8-3-9-15-20)17-21-23-24-22(26-21)19-12-6-2-7-13-19;/h1-15H,16-17H2;1H. The van der Waals surface area contributed by atoms with Crippen molar-refractivity contribution in [1.29, 1.82) is 0 Å². The zero-order valence-corrected chi connectivity index (χ0v) is 15.5. The summed E-state index contributed by atoms with van der Waals surface area (Å²) in [5, 5.41) is 8.44. The highest BCUT2D eigenvalue weighted by molar-refractivity contribution is 5.85. The van der Waals surface area contributed by atoms with Crippen LogP contribution < -0.4 is 4.90 Å². The number of aromatic nitrogens is 2. The van der Waals surface area contributed by atoms with E-state index in [2.05, 4.69) is 51.5 Å². The predicted octanol–water partition coefficient (Wildman–Crippen LogP) is 5.37. The molecule has 0 aliphatic rings. The number of hydrogen-bond donors (Lipinski definition) is 0. The Morgan fingerprint density at radius 1 is 0.667 bits per heavy atom. The molecule has 0 spiro atoms. The third-order valence-electron chi connectivity index (χ3n) is 4.15. The van der Waals surface area contributed by atoms with Crippen LogP contribution in [0, 0.1) is 0 Å². The lowest BCUT2D eigenvalue weighted by atomic mass is 10.2. The molecule has 0 fully saturated rings. The van der Waals surface area contributed by atoms with E-state index >= 15 is 0 Å². The molecule has 1 aromatic heterocycles. The van der Waals surface area contributed by atoms with E-state index < -0.39 is 0 Å².